The summed E-state index contributed by atoms with van der Waals surface area (Å²) >= 11 is 0. The number of piperidine rings is 2. The molecule has 4 heterocycles. The third-order valence-electron chi connectivity index (χ3n) is 11.4. The van der Waals surface area contributed by atoms with Gasteiger partial charge in [0.15, 0.2) is 11.8 Å². The number of fused-ring (bicyclic) bond motifs is 2. The van der Waals surface area contributed by atoms with Crippen LogP contribution < -0.4 is 0 Å². The second kappa shape index (κ2) is 20.4. The van der Waals surface area contributed by atoms with E-state index in [4.69, 9.17) is 0 Å². The van der Waals surface area contributed by atoms with Gasteiger partial charge in [0.25, 0.3) is 0 Å². The van der Waals surface area contributed by atoms with Crippen molar-refractivity contribution in [1.29, 1.82) is 0 Å². The number of hydrogen-bond acceptors (Lipinski definition) is 6. The number of halogens is 2. The Morgan fingerprint density at radius 3 is 1.66 bits per heavy atom. The van der Waals surface area contributed by atoms with Gasteiger partial charge in [0.2, 0.25) is 0 Å². The van der Waals surface area contributed by atoms with E-state index in [1.165, 1.54) is 139 Å². The van der Waals surface area contributed by atoms with Gasteiger partial charge in [-0.1, -0.05) is 43.2 Å². The van der Waals surface area contributed by atoms with Gasteiger partial charge in [-0.2, -0.15) is 0 Å². The fraction of sp³-hybridized carbons (Fsp3) is 0.375. The van der Waals surface area contributed by atoms with Crippen LogP contribution in [0.5, 0.6) is 11.8 Å². The monoisotopic (exact) mass is 786 g/mol. The fourth-order valence-electron chi connectivity index (χ4n) is 8.11. The van der Waals surface area contributed by atoms with E-state index in [2.05, 4.69) is 54.0 Å². The number of aromatic hydroxyl groups is 2. The summed E-state index contributed by atoms with van der Waals surface area (Å²) in [5.41, 5.74) is 6.35. The topological polar surface area (TPSA) is 103 Å². The van der Waals surface area contributed by atoms with Crippen LogP contribution in [0.3, 0.4) is 0 Å². The Bertz CT molecular complexity index is 2270. The number of benzene rings is 4. The Kier molecular flexibility index (Phi) is 14.4. The van der Waals surface area contributed by atoms with E-state index in [1.807, 2.05) is 24.3 Å². The minimum Gasteiger partial charge on any atom is -0.494 e. The van der Waals surface area contributed by atoms with Crippen molar-refractivity contribution in [2.75, 3.05) is 39.3 Å². The molecule has 2 aliphatic rings. The zero-order valence-electron chi connectivity index (χ0n) is 33.4. The highest BCUT2D eigenvalue weighted by atomic mass is 19.1. The number of hydrogen-bond donors (Lipinski definition) is 4. The van der Waals surface area contributed by atoms with Crippen LogP contribution in [0.2, 0.25) is 0 Å². The van der Waals surface area contributed by atoms with E-state index < -0.39 is 0 Å². The highest BCUT2D eigenvalue weighted by molar-refractivity contribution is 6.03. The van der Waals surface area contributed by atoms with E-state index in [-0.39, 0.29) is 23.4 Å². The Labute approximate surface area is 340 Å². The summed E-state index contributed by atoms with van der Waals surface area (Å²) < 4.78 is 27.6. The molecule has 0 bridgehead atoms. The minimum absolute atomic E-state index is 0.000300. The number of aliphatic imine (C=N–C) groups is 2. The standard InChI is InChI=1S/2C24H28FN3O/c25-21-8-6-9-22-23(21)20(24(29)27-22)17-26-19-12-10-18(11-13-19)7-2-5-16-28-14-3-1-4-15-28;25-19-9-12-23-21(16-19)22(24(29)27-23)17-26-20-10-7-18(8-11-20)6-2-5-15-28-13-3-1-4-14-28/h6,8-13,17,27,29H,1-5,7,14-16H2;7-12,16-17,27,29H,1-6,13-15H2. The summed E-state index contributed by atoms with van der Waals surface area (Å²) in [5.74, 6) is -0.782. The van der Waals surface area contributed by atoms with Crippen LogP contribution in [0.25, 0.3) is 21.8 Å². The summed E-state index contributed by atoms with van der Waals surface area (Å²) in [7, 11) is 0. The molecule has 4 aromatic carbocycles. The predicted molar refractivity (Wildman–Crippen MR) is 234 cm³/mol. The Hall–Kier alpha value is -5.32. The van der Waals surface area contributed by atoms with Crippen LogP contribution in [0.15, 0.2) is 94.9 Å². The van der Waals surface area contributed by atoms with Crippen molar-refractivity contribution in [2.45, 2.75) is 77.0 Å². The molecule has 0 unspecified atom stereocenters. The number of aromatic nitrogens is 2. The Balaban J connectivity index is 0.000000177. The minimum atomic E-state index is -0.375. The molecule has 4 N–H and O–H groups in total. The first-order valence-corrected chi connectivity index (χ1v) is 21.1. The average molecular weight is 787 g/mol. The molecule has 2 aliphatic heterocycles. The van der Waals surface area contributed by atoms with E-state index in [9.17, 15) is 19.0 Å². The third kappa shape index (κ3) is 11.2. The molecule has 58 heavy (non-hydrogen) atoms. The normalized spacial score (nSPS) is 15.5. The second-order valence-corrected chi connectivity index (χ2v) is 15.7. The highest BCUT2D eigenvalue weighted by Gasteiger charge is 2.14. The van der Waals surface area contributed by atoms with Crippen molar-refractivity contribution in [3.63, 3.8) is 0 Å². The maximum atomic E-state index is 14.1. The lowest BCUT2D eigenvalue weighted by Gasteiger charge is -2.26. The number of aryl methyl sites for hydroxylation is 2. The summed E-state index contributed by atoms with van der Waals surface area (Å²) in [6.07, 6.45) is 18.3. The van der Waals surface area contributed by atoms with Gasteiger partial charge in [0.05, 0.1) is 28.0 Å². The first kappa shape index (κ1) is 40.9. The highest BCUT2D eigenvalue weighted by Crippen LogP contribution is 2.29. The van der Waals surface area contributed by atoms with Crippen LogP contribution in [-0.4, -0.2) is 81.7 Å². The second-order valence-electron chi connectivity index (χ2n) is 15.7. The number of H-pyrrole nitrogens is 2. The molecule has 6 aromatic rings. The van der Waals surface area contributed by atoms with Crippen LogP contribution in [-0.2, 0) is 12.8 Å². The van der Waals surface area contributed by atoms with Crippen molar-refractivity contribution in [2.24, 2.45) is 9.98 Å². The zero-order chi connectivity index (χ0) is 40.1. The smallest absolute Gasteiger partial charge is 0.198 e. The number of likely N-dealkylation sites (tertiary alicyclic amines) is 2. The van der Waals surface area contributed by atoms with Crippen LogP contribution in [0, 0.1) is 11.6 Å². The van der Waals surface area contributed by atoms with Gasteiger partial charge in [-0.05, 0) is 169 Å². The number of nitrogens with one attached hydrogen (secondary N) is 2. The van der Waals surface area contributed by atoms with Gasteiger partial charge in [0, 0.05) is 28.7 Å². The van der Waals surface area contributed by atoms with E-state index >= 15 is 0 Å². The first-order chi connectivity index (χ1) is 28.4. The van der Waals surface area contributed by atoms with Gasteiger partial charge >= 0.3 is 0 Å². The molecule has 0 atom stereocenters. The lowest BCUT2D eigenvalue weighted by atomic mass is 10.1. The quantitative estimate of drug-likeness (QED) is 0.0652. The van der Waals surface area contributed by atoms with Crippen molar-refractivity contribution >= 4 is 45.6 Å². The van der Waals surface area contributed by atoms with E-state index in [0.29, 0.717) is 32.9 Å². The average Bonchev–Trinajstić information content (AvgIpc) is 3.75. The summed E-state index contributed by atoms with van der Waals surface area (Å²) in [4.78, 5) is 19.7. The van der Waals surface area contributed by atoms with Crippen molar-refractivity contribution in [1.82, 2.24) is 19.8 Å². The van der Waals surface area contributed by atoms with Gasteiger partial charge in [-0.15, -0.1) is 0 Å². The molecule has 10 heteroatoms. The largest absolute Gasteiger partial charge is 0.494 e. The molecular formula is C48H56F2N6O2. The summed E-state index contributed by atoms with van der Waals surface area (Å²) in [6.45, 7) is 7.51. The van der Waals surface area contributed by atoms with Gasteiger partial charge in [-0.3, -0.25) is 9.98 Å². The molecule has 2 fully saturated rings. The lowest BCUT2D eigenvalue weighted by molar-refractivity contribution is 0.225. The molecule has 8 rings (SSSR count). The molecule has 0 aliphatic carbocycles. The molecular weight excluding hydrogens is 731 g/mol. The number of nitrogens with zero attached hydrogens (tertiary/aromatic N) is 4. The molecule has 2 saturated heterocycles. The van der Waals surface area contributed by atoms with E-state index in [0.717, 1.165) is 24.2 Å². The third-order valence-corrected chi connectivity index (χ3v) is 11.4. The number of rotatable bonds is 14. The molecule has 0 amide bonds. The summed E-state index contributed by atoms with van der Waals surface area (Å²) in [6, 6.07) is 25.5. The van der Waals surface area contributed by atoms with Crippen LogP contribution >= 0.6 is 0 Å². The molecule has 2 aromatic heterocycles. The fourth-order valence-corrected chi connectivity index (χ4v) is 8.11. The SMILES string of the molecule is Oc1[nH]c2ccc(F)cc2c1C=Nc1ccc(CCCCN2CCCCC2)cc1.Oc1[nH]c2cccc(F)c2c1C=Nc1ccc(CCCCN2CCCCC2)cc1. The number of aromatic amines is 2. The summed E-state index contributed by atoms with van der Waals surface area (Å²) in [5, 5.41) is 21.2. The first-order valence-electron chi connectivity index (χ1n) is 21.1. The zero-order valence-corrected chi connectivity index (χ0v) is 33.4. The van der Waals surface area contributed by atoms with Gasteiger partial charge in [-0.25, -0.2) is 8.78 Å². The molecule has 304 valence electrons. The maximum absolute atomic E-state index is 14.1. The van der Waals surface area contributed by atoms with Crippen LogP contribution in [0.1, 0.15) is 86.5 Å². The van der Waals surface area contributed by atoms with Crippen molar-refractivity contribution in [3.8, 4) is 11.8 Å². The maximum Gasteiger partial charge on any atom is 0.198 e. The van der Waals surface area contributed by atoms with Gasteiger partial charge < -0.3 is 30.0 Å². The molecule has 0 spiro atoms. The lowest BCUT2D eigenvalue weighted by Crippen LogP contribution is -2.30. The predicted octanol–water partition coefficient (Wildman–Crippen LogP) is 11.1. The number of unbranched alkanes of at least 4 members (excludes halogenated alkanes) is 2. The van der Waals surface area contributed by atoms with Crippen molar-refractivity contribution in [3.05, 3.63) is 119 Å². The van der Waals surface area contributed by atoms with Gasteiger partial charge in [0.1, 0.15) is 11.6 Å². The Morgan fingerprint density at radius 1 is 0.569 bits per heavy atom. The van der Waals surface area contributed by atoms with Crippen molar-refractivity contribution < 1.29 is 19.0 Å². The molecule has 0 saturated carbocycles. The molecule has 8 nitrogen and oxygen atoms in total. The molecule has 0 radical (unpaired) electrons. The van der Waals surface area contributed by atoms with Crippen LogP contribution in [0.4, 0.5) is 20.2 Å². The van der Waals surface area contributed by atoms with E-state index in [1.54, 1.807) is 24.4 Å². The Morgan fingerprint density at radius 2 is 1.09 bits per heavy atom.